The lowest BCUT2D eigenvalue weighted by molar-refractivity contribution is 0.670. The Labute approximate surface area is 281 Å². The first-order chi connectivity index (χ1) is 24.3. The molecule has 0 saturated heterocycles. The highest BCUT2D eigenvalue weighted by atomic mass is 16.3. The Hall–Kier alpha value is -6.65. The lowest BCUT2D eigenvalue weighted by Gasteiger charge is -2.12. The fourth-order valence-corrected chi connectivity index (χ4v) is 7.81. The molecule has 0 atom stereocenters. The molecule has 4 nitrogen and oxygen atoms in total. The van der Waals surface area contributed by atoms with Crippen LogP contribution in [0.5, 0.6) is 0 Å². The van der Waals surface area contributed by atoms with Gasteiger partial charge in [0.2, 0.25) is 0 Å². The van der Waals surface area contributed by atoms with E-state index in [1.54, 1.807) is 0 Å². The van der Waals surface area contributed by atoms with Gasteiger partial charge in [-0.15, -0.1) is 0 Å². The smallest absolute Gasteiger partial charge is 0.164 e. The first kappa shape index (κ1) is 26.4. The molecule has 0 aliphatic heterocycles. The van der Waals surface area contributed by atoms with Crippen LogP contribution < -0.4 is 0 Å². The Morgan fingerprint density at radius 2 is 1.02 bits per heavy atom. The highest BCUT2D eigenvalue weighted by molar-refractivity contribution is 6.26. The van der Waals surface area contributed by atoms with Crippen LogP contribution in [0.2, 0.25) is 0 Å². The monoisotopic (exact) mass is 623 g/mol. The molecule has 10 aromatic rings. The van der Waals surface area contributed by atoms with Gasteiger partial charge in [0.15, 0.2) is 17.5 Å². The van der Waals surface area contributed by atoms with E-state index >= 15 is 0 Å². The van der Waals surface area contributed by atoms with Crippen molar-refractivity contribution >= 4 is 54.3 Å². The molecule has 226 valence electrons. The molecule has 0 spiro atoms. The number of hydrogen-bond acceptors (Lipinski definition) is 4. The Kier molecular flexibility index (Phi) is 5.35. The van der Waals surface area contributed by atoms with E-state index in [0.717, 1.165) is 49.8 Å². The average Bonchev–Trinajstić information content (AvgIpc) is 3.72. The maximum atomic E-state index is 6.77. The highest BCUT2D eigenvalue weighted by Crippen LogP contribution is 2.53. The standard InChI is InChI=1S/C45H25N3O/c1-2-11-29(12-3-1)43-46-44(30-23-22-27-21-20-26-10-4-5-15-31(26)35(27)24-30)48-45(47-43)37-25-36-32-17-8-13-28-14-9-18-34(39(28)32)41(36)42-40(37)33-16-6-7-19-38(33)49-42/h1-25H. The van der Waals surface area contributed by atoms with Crippen LogP contribution in [-0.2, 0) is 0 Å². The summed E-state index contributed by atoms with van der Waals surface area (Å²) in [7, 11) is 0. The quantitative estimate of drug-likeness (QED) is 0.184. The fraction of sp³-hybridized carbons (Fsp3) is 0. The third kappa shape index (κ3) is 3.83. The van der Waals surface area contributed by atoms with E-state index in [1.165, 1.54) is 43.4 Å². The van der Waals surface area contributed by atoms with E-state index in [1.807, 2.05) is 30.3 Å². The molecule has 0 unspecified atom stereocenters. The molecule has 2 heterocycles. The molecule has 0 bridgehead atoms. The molecule has 1 aliphatic rings. The van der Waals surface area contributed by atoms with Crippen LogP contribution in [0, 0.1) is 0 Å². The molecular weight excluding hydrogens is 599 g/mol. The van der Waals surface area contributed by atoms with Crippen molar-refractivity contribution in [2.24, 2.45) is 0 Å². The van der Waals surface area contributed by atoms with Gasteiger partial charge in [0.25, 0.3) is 0 Å². The first-order valence-corrected chi connectivity index (χ1v) is 16.5. The molecule has 0 amide bonds. The largest absolute Gasteiger partial charge is 0.455 e. The summed E-state index contributed by atoms with van der Waals surface area (Å²) in [5.74, 6) is 1.88. The Balaban J connectivity index is 1.23. The third-order valence-electron chi connectivity index (χ3n) is 10.0. The summed E-state index contributed by atoms with van der Waals surface area (Å²) in [6, 6.07) is 53.1. The zero-order chi connectivity index (χ0) is 32.1. The summed E-state index contributed by atoms with van der Waals surface area (Å²) in [6.45, 7) is 0. The zero-order valence-electron chi connectivity index (χ0n) is 26.2. The van der Waals surface area contributed by atoms with Crippen molar-refractivity contribution in [2.45, 2.75) is 0 Å². The molecule has 0 saturated carbocycles. The van der Waals surface area contributed by atoms with Crippen molar-refractivity contribution < 1.29 is 4.42 Å². The number of furan rings is 1. The molecule has 11 rings (SSSR count). The van der Waals surface area contributed by atoms with Crippen molar-refractivity contribution in [3.63, 3.8) is 0 Å². The van der Waals surface area contributed by atoms with Crippen molar-refractivity contribution in [2.75, 3.05) is 0 Å². The topological polar surface area (TPSA) is 51.8 Å². The SMILES string of the molecule is c1ccc(-c2nc(-c3ccc4ccc5ccccc5c4c3)nc(-c3cc4c(c5oc6ccccc6c35)-c3cccc5cccc-4c35)n2)cc1. The van der Waals surface area contributed by atoms with Gasteiger partial charge in [-0.25, -0.2) is 15.0 Å². The molecule has 1 aliphatic carbocycles. The molecule has 0 fully saturated rings. The lowest BCUT2D eigenvalue weighted by Crippen LogP contribution is -2.01. The highest BCUT2D eigenvalue weighted by Gasteiger charge is 2.29. The number of hydrogen-bond donors (Lipinski definition) is 0. The van der Waals surface area contributed by atoms with Crippen molar-refractivity contribution in [3.05, 3.63) is 152 Å². The Morgan fingerprint density at radius 3 is 1.88 bits per heavy atom. The fourth-order valence-electron chi connectivity index (χ4n) is 7.81. The van der Waals surface area contributed by atoms with Gasteiger partial charge >= 0.3 is 0 Å². The summed E-state index contributed by atoms with van der Waals surface area (Å²) in [5.41, 5.74) is 9.16. The lowest BCUT2D eigenvalue weighted by atomic mass is 9.95. The second kappa shape index (κ2) is 9.93. The third-order valence-corrected chi connectivity index (χ3v) is 10.0. The molecule has 8 aromatic carbocycles. The van der Waals surface area contributed by atoms with Gasteiger partial charge in [-0.1, -0.05) is 133 Å². The van der Waals surface area contributed by atoms with Crippen LogP contribution in [-0.4, -0.2) is 15.0 Å². The number of fused-ring (bicyclic) bond motifs is 10. The molecule has 0 N–H and O–H groups in total. The van der Waals surface area contributed by atoms with E-state index in [2.05, 4.69) is 121 Å². The van der Waals surface area contributed by atoms with Crippen molar-refractivity contribution in [3.8, 4) is 56.4 Å². The summed E-state index contributed by atoms with van der Waals surface area (Å²) in [6.07, 6.45) is 0. The first-order valence-electron chi connectivity index (χ1n) is 16.5. The summed E-state index contributed by atoms with van der Waals surface area (Å²) in [5, 5.41) is 9.29. The number of aromatic nitrogens is 3. The normalized spacial score (nSPS) is 12.1. The van der Waals surface area contributed by atoms with Crippen LogP contribution >= 0.6 is 0 Å². The second-order valence-corrected chi connectivity index (χ2v) is 12.8. The molecule has 4 heteroatoms. The van der Waals surface area contributed by atoms with Crippen LogP contribution in [0.25, 0.3) is 111 Å². The predicted octanol–water partition coefficient (Wildman–Crippen LogP) is 11.9. The van der Waals surface area contributed by atoms with Gasteiger partial charge in [-0.2, -0.15) is 0 Å². The van der Waals surface area contributed by atoms with Gasteiger partial charge in [0.1, 0.15) is 11.2 Å². The maximum absolute atomic E-state index is 6.77. The maximum Gasteiger partial charge on any atom is 0.164 e. The summed E-state index contributed by atoms with van der Waals surface area (Å²) in [4.78, 5) is 15.6. The molecule has 0 radical (unpaired) electrons. The minimum atomic E-state index is 0.615. The second-order valence-electron chi connectivity index (χ2n) is 12.8. The molecular formula is C45H25N3O. The summed E-state index contributed by atoms with van der Waals surface area (Å²) >= 11 is 0. The number of para-hydroxylation sites is 1. The number of nitrogens with zero attached hydrogens (tertiary/aromatic N) is 3. The van der Waals surface area contributed by atoms with E-state index in [-0.39, 0.29) is 0 Å². The van der Waals surface area contributed by atoms with Crippen LogP contribution in [0.1, 0.15) is 0 Å². The number of rotatable bonds is 3. The minimum absolute atomic E-state index is 0.615. The van der Waals surface area contributed by atoms with E-state index in [4.69, 9.17) is 19.4 Å². The van der Waals surface area contributed by atoms with E-state index < -0.39 is 0 Å². The molecule has 2 aromatic heterocycles. The van der Waals surface area contributed by atoms with Crippen molar-refractivity contribution in [1.29, 1.82) is 0 Å². The van der Waals surface area contributed by atoms with Gasteiger partial charge < -0.3 is 4.42 Å². The van der Waals surface area contributed by atoms with Gasteiger partial charge in [-0.3, -0.25) is 0 Å². The van der Waals surface area contributed by atoms with Crippen LogP contribution in [0.15, 0.2) is 156 Å². The van der Waals surface area contributed by atoms with Crippen LogP contribution in [0.3, 0.4) is 0 Å². The minimum Gasteiger partial charge on any atom is -0.455 e. The average molecular weight is 624 g/mol. The van der Waals surface area contributed by atoms with E-state index in [9.17, 15) is 0 Å². The Bertz CT molecular complexity index is 2990. The molecule has 49 heavy (non-hydrogen) atoms. The van der Waals surface area contributed by atoms with Gasteiger partial charge in [-0.05, 0) is 67.2 Å². The number of benzene rings is 8. The predicted molar refractivity (Wildman–Crippen MR) is 200 cm³/mol. The summed E-state index contributed by atoms with van der Waals surface area (Å²) < 4.78 is 6.77. The van der Waals surface area contributed by atoms with Gasteiger partial charge in [0.05, 0.1) is 0 Å². The van der Waals surface area contributed by atoms with E-state index in [0.29, 0.717) is 17.5 Å². The Morgan fingerprint density at radius 1 is 0.367 bits per heavy atom. The zero-order valence-corrected chi connectivity index (χ0v) is 26.2. The van der Waals surface area contributed by atoms with Crippen molar-refractivity contribution in [1.82, 2.24) is 15.0 Å². The van der Waals surface area contributed by atoms with Crippen LogP contribution in [0.4, 0.5) is 0 Å². The van der Waals surface area contributed by atoms with Gasteiger partial charge in [0, 0.05) is 33.0 Å².